The maximum Gasteiger partial charge on any atom is 0.340 e. The van der Waals surface area contributed by atoms with Gasteiger partial charge in [0.05, 0.1) is 24.9 Å². The molecule has 0 radical (unpaired) electrons. The number of methoxy groups -OCH3 is 1. The van der Waals surface area contributed by atoms with Crippen LogP contribution in [0.5, 0.6) is 0 Å². The summed E-state index contributed by atoms with van der Waals surface area (Å²) in [7, 11) is 1.36. The maximum absolute atomic E-state index is 11.8. The van der Waals surface area contributed by atoms with Gasteiger partial charge >= 0.3 is 5.97 Å². The zero-order valence-corrected chi connectivity index (χ0v) is 14.2. The van der Waals surface area contributed by atoms with E-state index < -0.39 is 5.97 Å². The number of carbonyl (C=O) groups is 1. The second kappa shape index (κ2) is 6.45. The third-order valence-electron chi connectivity index (χ3n) is 2.70. The third kappa shape index (κ3) is 3.43. The van der Waals surface area contributed by atoms with Crippen LogP contribution in [0.15, 0.2) is 37.6 Å². The molecule has 1 N–H and O–H groups in total. The molecule has 0 aliphatic rings. The van der Waals surface area contributed by atoms with Crippen LogP contribution in [0.1, 0.15) is 21.9 Å². The van der Waals surface area contributed by atoms with E-state index >= 15 is 0 Å². The molecule has 0 bridgehead atoms. The Labute approximate surface area is 133 Å². The highest BCUT2D eigenvalue weighted by molar-refractivity contribution is 9.11. The molecule has 0 spiro atoms. The Hall–Kier alpha value is -1.27. The van der Waals surface area contributed by atoms with Gasteiger partial charge in [-0.3, -0.25) is 0 Å². The molecule has 1 heterocycles. The van der Waals surface area contributed by atoms with Crippen LogP contribution in [0.25, 0.3) is 0 Å². The predicted octanol–water partition coefficient (Wildman–Crippen LogP) is 4.51. The summed E-state index contributed by atoms with van der Waals surface area (Å²) in [5.41, 5.74) is 1.13. The largest absolute Gasteiger partial charge is 0.465 e. The summed E-state index contributed by atoms with van der Waals surface area (Å²) >= 11 is 6.80. The number of benzene rings is 1. The van der Waals surface area contributed by atoms with E-state index in [1.165, 1.54) is 7.11 Å². The van der Waals surface area contributed by atoms with Crippen LogP contribution in [0.3, 0.4) is 0 Å². The topological polar surface area (TPSA) is 51.5 Å². The Balaban J connectivity index is 2.27. The van der Waals surface area contributed by atoms with Crippen LogP contribution >= 0.6 is 31.9 Å². The molecule has 0 saturated carbocycles. The van der Waals surface area contributed by atoms with Crippen molar-refractivity contribution in [2.45, 2.75) is 13.5 Å². The van der Waals surface area contributed by atoms with Crippen LogP contribution < -0.4 is 5.32 Å². The summed E-state index contributed by atoms with van der Waals surface area (Å²) < 4.78 is 11.9. The minimum absolute atomic E-state index is 0.398. The van der Waals surface area contributed by atoms with Crippen molar-refractivity contribution < 1.29 is 13.9 Å². The van der Waals surface area contributed by atoms with Crippen molar-refractivity contribution in [2.24, 2.45) is 0 Å². The second-order valence-electron chi connectivity index (χ2n) is 4.17. The molecule has 2 aromatic rings. The molecule has 1 aromatic carbocycles. The SMILES string of the molecule is COC(=O)c1cc(Br)cc(Br)c1NCc1ccc(C)o1. The first-order chi connectivity index (χ1) is 9.51. The number of halogens is 2. The van der Waals surface area contributed by atoms with Crippen molar-refractivity contribution in [3.05, 3.63) is 50.3 Å². The summed E-state index contributed by atoms with van der Waals surface area (Å²) in [6.45, 7) is 2.37. The third-order valence-corrected chi connectivity index (χ3v) is 3.78. The highest BCUT2D eigenvalue weighted by Gasteiger charge is 2.16. The van der Waals surface area contributed by atoms with Crippen molar-refractivity contribution >= 4 is 43.5 Å². The maximum atomic E-state index is 11.8. The highest BCUT2D eigenvalue weighted by Crippen LogP contribution is 2.31. The summed E-state index contributed by atoms with van der Waals surface area (Å²) in [6.07, 6.45) is 0. The molecule has 0 aliphatic heterocycles. The first-order valence-corrected chi connectivity index (χ1v) is 7.46. The first kappa shape index (κ1) is 15.1. The average Bonchev–Trinajstić information content (AvgIpc) is 2.81. The van der Waals surface area contributed by atoms with Gasteiger partial charge in [-0.1, -0.05) is 15.9 Å². The van der Waals surface area contributed by atoms with Crippen molar-refractivity contribution in [1.29, 1.82) is 0 Å². The van der Waals surface area contributed by atoms with E-state index in [0.717, 1.165) is 20.5 Å². The zero-order valence-electron chi connectivity index (χ0n) is 11.0. The molecule has 0 unspecified atom stereocenters. The molecule has 0 atom stereocenters. The average molecular weight is 403 g/mol. The number of anilines is 1. The summed E-state index contributed by atoms with van der Waals surface area (Å²) in [5, 5.41) is 3.19. The van der Waals surface area contributed by atoms with Crippen LogP contribution in [0.4, 0.5) is 5.69 Å². The number of carbonyl (C=O) groups excluding carboxylic acids is 1. The number of rotatable bonds is 4. The van der Waals surface area contributed by atoms with Gasteiger partial charge in [0, 0.05) is 8.95 Å². The fourth-order valence-corrected chi connectivity index (χ4v) is 3.15. The molecular weight excluding hydrogens is 390 g/mol. The van der Waals surface area contributed by atoms with E-state index in [0.29, 0.717) is 17.8 Å². The monoisotopic (exact) mass is 401 g/mol. The molecule has 1 aromatic heterocycles. The lowest BCUT2D eigenvalue weighted by molar-refractivity contribution is 0.0601. The van der Waals surface area contributed by atoms with E-state index in [2.05, 4.69) is 37.2 Å². The number of ether oxygens (including phenoxy) is 1. The van der Waals surface area contributed by atoms with Crippen molar-refractivity contribution in [3.63, 3.8) is 0 Å². The van der Waals surface area contributed by atoms with Gasteiger partial charge in [0.1, 0.15) is 11.5 Å². The van der Waals surface area contributed by atoms with Crippen molar-refractivity contribution in [1.82, 2.24) is 0 Å². The zero-order chi connectivity index (χ0) is 14.7. The lowest BCUT2D eigenvalue weighted by Crippen LogP contribution is -2.09. The van der Waals surface area contributed by atoms with Gasteiger partial charge in [0.25, 0.3) is 0 Å². The molecule has 106 valence electrons. The molecule has 0 aliphatic carbocycles. The van der Waals surface area contributed by atoms with Crippen LogP contribution in [0, 0.1) is 6.92 Å². The van der Waals surface area contributed by atoms with Gasteiger partial charge in [-0.2, -0.15) is 0 Å². The van der Waals surface area contributed by atoms with Crippen LogP contribution in [-0.4, -0.2) is 13.1 Å². The fraction of sp³-hybridized carbons (Fsp3) is 0.214. The first-order valence-electron chi connectivity index (χ1n) is 5.88. The lowest BCUT2D eigenvalue weighted by atomic mass is 10.2. The number of hydrogen-bond acceptors (Lipinski definition) is 4. The van der Waals surface area contributed by atoms with E-state index in [1.807, 2.05) is 25.1 Å². The molecular formula is C14H13Br2NO3. The Morgan fingerprint density at radius 3 is 2.70 bits per heavy atom. The molecule has 2 rings (SSSR count). The lowest BCUT2D eigenvalue weighted by Gasteiger charge is -2.12. The smallest absolute Gasteiger partial charge is 0.340 e. The number of hydrogen-bond donors (Lipinski definition) is 1. The van der Waals surface area contributed by atoms with Gasteiger partial charge in [-0.15, -0.1) is 0 Å². The molecule has 4 nitrogen and oxygen atoms in total. The van der Waals surface area contributed by atoms with Crippen LogP contribution in [0.2, 0.25) is 0 Å². The van der Waals surface area contributed by atoms with Crippen molar-refractivity contribution in [2.75, 3.05) is 12.4 Å². The summed E-state index contributed by atoms with van der Waals surface area (Å²) in [5.74, 6) is 1.25. The molecule has 0 fully saturated rings. The Morgan fingerprint density at radius 1 is 1.35 bits per heavy atom. The number of esters is 1. The van der Waals surface area contributed by atoms with Gasteiger partial charge in [0.15, 0.2) is 0 Å². The van der Waals surface area contributed by atoms with Gasteiger partial charge < -0.3 is 14.5 Å². The second-order valence-corrected chi connectivity index (χ2v) is 5.94. The number of furan rings is 1. The molecule has 0 saturated heterocycles. The van der Waals surface area contributed by atoms with Crippen LogP contribution in [-0.2, 0) is 11.3 Å². The molecule has 6 heteroatoms. The fourth-order valence-electron chi connectivity index (χ4n) is 1.78. The number of nitrogens with one attached hydrogen (secondary N) is 1. The minimum Gasteiger partial charge on any atom is -0.465 e. The standard InChI is InChI=1S/C14H13Br2NO3/c1-8-3-4-10(20-8)7-17-13-11(14(18)19-2)5-9(15)6-12(13)16/h3-6,17H,7H2,1-2H3. The normalized spacial score (nSPS) is 10.4. The summed E-state index contributed by atoms with van der Waals surface area (Å²) in [6, 6.07) is 7.37. The van der Waals surface area contributed by atoms with E-state index in [9.17, 15) is 4.79 Å². The van der Waals surface area contributed by atoms with E-state index in [-0.39, 0.29) is 0 Å². The summed E-state index contributed by atoms with van der Waals surface area (Å²) in [4.78, 5) is 11.8. The molecule has 0 amide bonds. The Bertz CT molecular complexity index is 637. The van der Waals surface area contributed by atoms with Gasteiger partial charge in [-0.05, 0) is 47.1 Å². The minimum atomic E-state index is -0.398. The predicted molar refractivity (Wildman–Crippen MR) is 84.0 cm³/mol. The Morgan fingerprint density at radius 2 is 2.10 bits per heavy atom. The highest BCUT2D eigenvalue weighted by atomic mass is 79.9. The molecule has 20 heavy (non-hydrogen) atoms. The van der Waals surface area contributed by atoms with Crippen molar-refractivity contribution in [3.8, 4) is 0 Å². The van der Waals surface area contributed by atoms with E-state index in [1.54, 1.807) is 6.07 Å². The quantitative estimate of drug-likeness (QED) is 0.764. The Kier molecular flexibility index (Phi) is 4.88. The van der Waals surface area contributed by atoms with E-state index in [4.69, 9.17) is 9.15 Å². The van der Waals surface area contributed by atoms with Gasteiger partial charge in [-0.25, -0.2) is 4.79 Å². The van der Waals surface area contributed by atoms with Gasteiger partial charge in [0.2, 0.25) is 0 Å². The number of aryl methyl sites for hydroxylation is 1.